The topological polar surface area (TPSA) is 73.6 Å². The third kappa shape index (κ3) is 2.22. The van der Waals surface area contributed by atoms with E-state index in [1.165, 1.54) is 16.9 Å². The van der Waals surface area contributed by atoms with Crippen LogP contribution in [0.25, 0.3) is 16.6 Å². The molecule has 0 unspecified atom stereocenters. The Balaban J connectivity index is 2.30. The molecule has 0 amide bonds. The Morgan fingerprint density at radius 2 is 2.09 bits per heavy atom. The zero-order chi connectivity index (χ0) is 15.7. The number of fused-ring (bicyclic) bond motifs is 3. The number of nitrogens with zero attached hydrogens (tertiary/aromatic N) is 3. The van der Waals surface area contributed by atoms with Crippen LogP contribution in [0.2, 0.25) is 0 Å². The molecule has 0 saturated heterocycles. The van der Waals surface area contributed by atoms with Crippen molar-refractivity contribution in [2.75, 3.05) is 6.61 Å². The molecule has 0 N–H and O–H groups in total. The zero-order valence-electron chi connectivity index (χ0n) is 12.4. The summed E-state index contributed by atoms with van der Waals surface area (Å²) in [5.41, 5.74) is 1.81. The number of ether oxygens (including phenoxy) is 1. The van der Waals surface area contributed by atoms with Gasteiger partial charge in [-0.25, -0.2) is 19.2 Å². The zero-order valence-corrected chi connectivity index (χ0v) is 12.4. The lowest BCUT2D eigenvalue weighted by Crippen LogP contribution is -2.24. The van der Waals surface area contributed by atoms with Gasteiger partial charge in [-0.3, -0.25) is 4.79 Å². The highest BCUT2D eigenvalue weighted by molar-refractivity contribution is 5.93. The molecule has 0 aliphatic heterocycles. The number of hydrogen-bond acceptors (Lipinski definition) is 5. The number of benzene rings is 1. The normalized spacial score (nSPS) is 11.0. The maximum atomic E-state index is 12.4. The van der Waals surface area contributed by atoms with Crippen molar-refractivity contribution < 1.29 is 9.53 Å². The van der Waals surface area contributed by atoms with Crippen molar-refractivity contribution in [2.45, 2.75) is 20.3 Å². The molecule has 1 aromatic carbocycles. The van der Waals surface area contributed by atoms with Crippen molar-refractivity contribution in [1.29, 1.82) is 0 Å². The van der Waals surface area contributed by atoms with E-state index in [-0.39, 0.29) is 12.2 Å². The molecule has 2 heterocycles. The van der Waals surface area contributed by atoms with E-state index in [1.807, 2.05) is 18.2 Å². The number of rotatable bonds is 3. The van der Waals surface area contributed by atoms with Gasteiger partial charge in [-0.2, -0.15) is 0 Å². The molecule has 22 heavy (non-hydrogen) atoms. The first-order chi connectivity index (χ1) is 10.7. The van der Waals surface area contributed by atoms with Crippen LogP contribution in [0.1, 0.15) is 29.8 Å². The predicted molar refractivity (Wildman–Crippen MR) is 82.1 cm³/mol. The van der Waals surface area contributed by atoms with Gasteiger partial charge < -0.3 is 4.74 Å². The Hall–Kier alpha value is -2.76. The predicted octanol–water partition coefficient (Wildman–Crippen LogP) is 1.98. The standard InChI is InChI=1S/C16H15N3O3/c1-3-10-5-6-13-11(7-10)14-17-8-12(16(21)22-4-2)15(20)19(14)9-18-13/h5-9H,3-4H2,1-2H3. The second-order valence-electron chi connectivity index (χ2n) is 4.84. The van der Waals surface area contributed by atoms with Crippen molar-refractivity contribution in [3.05, 3.63) is 52.2 Å². The molecule has 112 valence electrons. The number of carbonyl (C=O) groups is 1. The van der Waals surface area contributed by atoms with Gasteiger partial charge in [0, 0.05) is 11.6 Å². The van der Waals surface area contributed by atoms with Crippen LogP contribution >= 0.6 is 0 Å². The van der Waals surface area contributed by atoms with Crippen molar-refractivity contribution in [1.82, 2.24) is 14.4 Å². The fourth-order valence-electron chi connectivity index (χ4n) is 2.34. The largest absolute Gasteiger partial charge is 0.462 e. The van der Waals surface area contributed by atoms with E-state index in [0.717, 1.165) is 22.9 Å². The fraction of sp³-hybridized carbons (Fsp3) is 0.250. The lowest BCUT2D eigenvalue weighted by Gasteiger charge is -2.07. The third-order valence-electron chi connectivity index (χ3n) is 3.51. The van der Waals surface area contributed by atoms with E-state index in [0.29, 0.717) is 5.65 Å². The van der Waals surface area contributed by atoms with Crippen LogP contribution in [0.5, 0.6) is 0 Å². The summed E-state index contributed by atoms with van der Waals surface area (Å²) in [6.45, 7) is 3.94. The van der Waals surface area contributed by atoms with Gasteiger partial charge in [0.2, 0.25) is 0 Å². The summed E-state index contributed by atoms with van der Waals surface area (Å²) in [6, 6.07) is 5.87. The van der Waals surface area contributed by atoms with E-state index in [2.05, 4.69) is 16.9 Å². The molecular formula is C16H15N3O3. The van der Waals surface area contributed by atoms with Crippen LogP contribution in [0.15, 0.2) is 35.5 Å². The van der Waals surface area contributed by atoms with Crippen molar-refractivity contribution >= 4 is 22.5 Å². The van der Waals surface area contributed by atoms with Gasteiger partial charge in [-0.05, 0) is 31.0 Å². The Morgan fingerprint density at radius 1 is 1.27 bits per heavy atom. The van der Waals surface area contributed by atoms with Gasteiger partial charge in [0.15, 0.2) is 0 Å². The second kappa shape index (κ2) is 5.55. The fourth-order valence-corrected chi connectivity index (χ4v) is 2.34. The molecule has 3 aromatic rings. The summed E-state index contributed by atoms with van der Waals surface area (Å²) < 4.78 is 6.15. The highest BCUT2D eigenvalue weighted by atomic mass is 16.5. The minimum Gasteiger partial charge on any atom is -0.462 e. The number of esters is 1. The monoisotopic (exact) mass is 297 g/mol. The average molecular weight is 297 g/mol. The first kappa shape index (κ1) is 14.2. The van der Waals surface area contributed by atoms with Crippen molar-refractivity contribution in [3.63, 3.8) is 0 Å². The average Bonchev–Trinajstić information content (AvgIpc) is 2.54. The first-order valence-electron chi connectivity index (χ1n) is 7.11. The van der Waals surface area contributed by atoms with Crippen LogP contribution in [-0.2, 0) is 11.2 Å². The quantitative estimate of drug-likeness (QED) is 0.546. The summed E-state index contributed by atoms with van der Waals surface area (Å²) >= 11 is 0. The minimum absolute atomic E-state index is 0.0906. The molecule has 0 spiro atoms. The Morgan fingerprint density at radius 3 is 2.82 bits per heavy atom. The molecular weight excluding hydrogens is 282 g/mol. The molecule has 0 saturated carbocycles. The van der Waals surface area contributed by atoms with Gasteiger partial charge in [-0.15, -0.1) is 0 Å². The van der Waals surface area contributed by atoms with Crippen LogP contribution in [0.4, 0.5) is 0 Å². The molecule has 0 atom stereocenters. The van der Waals surface area contributed by atoms with Gasteiger partial charge in [0.1, 0.15) is 17.5 Å². The van der Waals surface area contributed by atoms with Gasteiger partial charge >= 0.3 is 5.97 Å². The van der Waals surface area contributed by atoms with Gasteiger partial charge in [-0.1, -0.05) is 13.0 Å². The number of aryl methyl sites for hydroxylation is 1. The highest BCUT2D eigenvalue weighted by Crippen LogP contribution is 2.17. The lowest BCUT2D eigenvalue weighted by molar-refractivity contribution is 0.0523. The minimum atomic E-state index is -0.670. The Labute approximate surface area is 126 Å². The summed E-state index contributed by atoms with van der Waals surface area (Å²) in [4.78, 5) is 32.7. The molecule has 0 radical (unpaired) electrons. The maximum Gasteiger partial charge on any atom is 0.345 e. The number of hydrogen-bond donors (Lipinski definition) is 0. The lowest BCUT2D eigenvalue weighted by atomic mass is 10.1. The van der Waals surface area contributed by atoms with Crippen molar-refractivity contribution in [2.24, 2.45) is 0 Å². The van der Waals surface area contributed by atoms with E-state index < -0.39 is 11.5 Å². The van der Waals surface area contributed by atoms with Crippen LogP contribution in [0.3, 0.4) is 0 Å². The maximum absolute atomic E-state index is 12.4. The summed E-state index contributed by atoms with van der Waals surface area (Å²) in [5.74, 6) is -0.670. The third-order valence-corrected chi connectivity index (χ3v) is 3.51. The molecule has 6 nitrogen and oxygen atoms in total. The van der Waals surface area contributed by atoms with E-state index in [1.54, 1.807) is 6.92 Å². The molecule has 3 rings (SSSR count). The summed E-state index contributed by atoms with van der Waals surface area (Å²) in [7, 11) is 0. The van der Waals surface area contributed by atoms with E-state index >= 15 is 0 Å². The summed E-state index contributed by atoms with van der Waals surface area (Å²) in [6.07, 6.45) is 3.54. The SMILES string of the molecule is CCOC(=O)c1cnc2c3cc(CC)ccc3ncn2c1=O. The first-order valence-corrected chi connectivity index (χ1v) is 7.11. The Bertz CT molecular complexity index is 931. The highest BCUT2D eigenvalue weighted by Gasteiger charge is 2.15. The number of carbonyl (C=O) groups excluding carboxylic acids is 1. The molecule has 0 fully saturated rings. The van der Waals surface area contributed by atoms with Gasteiger partial charge in [0.05, 0.1) is 12.1 Å². The molecule has 0 aliphatic carbocycles. The molecule has 0 aliphatic rings. The molecule has 2 aromatic heterocycles. The summed E-state index contributed by atoms with van der Waals surface area (Å²) in [5, 5.41) is 0.786. The Kier molecular flexibility index (Phi) is 3.58. The van der Waals surface area contributed by atoms with Gasteiger partial charge in [0.25, 0.3) is 5.56 Å². The van der Waals surface area contributed by atoms with E-state index in [9.17, 15) is 9.59 Å². The number of aromatic nitrogens is 3. The van der Waals surface area contributed by atoms with Crippen molar-refractivity contribution in [3.8, 4) is 0 Å². The van der Waals surface area contributed by atoms with Crippen LogP contribution in [-0.4, -0.2) is 26.9 Å². The smallest absolute Gasteiger partial charge is 0.345 e. The molecule has 0 bridgehead atoms. The second-order valence-corrected chi connectivity index (χ2v) is 4.84. The van der Waals surface area contributed by atoms with Crippen LogP contribution in [0, 0.1) is 0 Å². The van der Waals surface area contributed by atoms with Crippen LogP contribution < -0.4 is 5.56 Å². The van der Waals surface area contributed by atoms with E-state index in [4.69, 9.17) is 4.74 Å². The molecule has 6 heteroatoms.